The van der Waals surface area contributed by atoms with Crippen molar-refractivity contribution in [1.29, 1.82) is 0 Å². The number of halogens is 3. The Labute approximate surface area is 142 Å². The molecule has 0 saturated heterocycles. The summed E-state index contributed by atoms with van der Waals surface area (Å²) >= 11 is 16.0. The summed E-state index contributed by atoms with van der Waals surface area (Å²) in [4.78, 5) is 0. The highest BCUT2D eigenvalue weighted by molar-refractivity contribution is 9.10. The van der Waals surface area contributed by atoms with Crippen molar-refractivity contribution < 1.29 is 5.11 Å². The summed E-state index contributed by atoms with van der Waals surface area (Å²) in [5, 5.41) is 11.4. The second-order valence-corrected chi connectivity index (χ2v) is 7.95. The molecule has 2 aromatic rings. The van der Waals surface area contributed by atoms with Crippen LogP contribution in [0.1, 0.15) is 37.6 Å². The standard InChI is InChI=1S/C16H16BrCl2NO/c1-16(2)7-12-9(13(21)8-16)5-6-20(12)11-4-3-10(17)14(18)15(11)19/h3-6,13,21H,7-8H2,1-2H3. The first-order chi connectivity index (χ1) is 9.80. The monoisotopic (exact) mass is 387 g/mol. The number of hydrogen-bond acceptors (Lipinski definition) is 1. The van der Waals surface area contributed by atoms with Crippen LogP contribution in [0.5, 0.6) is 0 Å². The lowest BCUT2D eigenvalue weighted by Gasteiger charge is -2.34. The Morgan fingerprint density at radius 2 is 1.95 bits per heavy atom. The molecule has 2 nitrogen and oxygen atoms in total. The van der Waals surface area contributed by atoms with Crippen LogP contribution >= 0.6 is 39.1 Å². The van der Waals surface area contributed by atoms with Gasteiger partial charge in [-0.05, 0) is 52.4 Å². The van der Waals surface area contributed by atoms with Crippen LogP contribution < -0.4 is 0 Å². The van der Waals surface area contributed by atoms with Gasteiger partial charge in [-0.1, -0.05) is 37.0 Å². The number of rotatable bonds is 1. The quantitative estimate of drug-likeness (QED) is 0.636. The molecule has 1 atom stereocenters. The summed E-state index contributed by atoms with van der Waals surface area (Å²) in [6.07, 6.45) is 3.21. The zero-order valence-corrected chi connectivity index (χ0v) is 14.9. The van der Waals surface area contributed by atoms with Gasteiger partial charge in [0.25, 0.3) is 0 Å². The fourth-order valence-electron chi connectivity index (χ4n) is 3.06. The summed E-state index contributed by atoms with van der Waals surface area (Å²) in [6, 6.07) is 5.80. The van der Waals surface area contributed by atoms with E-state index in [2.05, 4.69) is 29.8 Å². The summed E-state index contributed by atoms with van der Waals surface area (Å²) in [7, 11) is 0. The van der Waals surface area contributed by atoms with Crippen molar-refractivity contribution in [3.8, 4) is 5.69 Å². The number of aliphatic hydroxyl groups excluding tert-OH is 1. The fourth-order valence-corrected chi connectivity index (χ4v) is 3.92. The summed E-state index contributed by atoms with van der Waals surface area (Å²) < 4.78 is 2.82. The molecule has 5 heteroatoms. The van der Waals surface area contributed by atoms with Gasteiger partial charge >= 0.3 is 0 Å². The third kappa shape index (κ3) is 2.65. The van der Waals surface area contributed by atoms with Crippen molar-refractivity contribution in [2.45, 2.75) is 32.8 Å². The Bertz CT molecular complexity index is 709. The molecule has 0 saturated carbocycles. The van der Waals surface area contributed by atoms with Gasteiger partial charge in [-0.15, -0.1) is 0 Å². The first kappa shape index (κ1) is 15.4. The maximum absolute atomic E-state index is 10.3. The smallest absolute Gasteiger partial charge is 0.0844 e. The summed E-state index contributed by atoms with van der Waals surface area (Å²) in [5.41, 5.74) is 3.01. The van der Waals surface area contributed by atoms with E-state index in [1.54, 1.807) is 0 Å². The van der Waals surface area contributed by atoms with Crippen LogP contribution in [0.4, 0.5) is 0 Å². The molecule has 0 aliphatic heterocycles. The molecule has 1 aromatic heterocycles. The van der Waals surface area contributed by atoms with Crippen LogP contribution in [-0.2, 0) is 6.42 Å². The molecule has 1 aliphatic carbocycles. The minimum Gasteiger partial charge on any atom is -0.388 e. The van der Waals surface area contributed by atoms with Crippen LogP contribution in [0.25, 0.3) is 5.69 Å². The average Bonchev–Trinajstić information content (AvgIpc) is 2.79. The average molecular weight is 389 g/mol. The maximum Gasteiger partial charge on any atom is 0.0844 e. The van der Waals surface area contributed by atoms with Gasteiger partial charge in [-0.3, -0.25) is 0 Å². The van der Waals surface area contributed by atoms with Crippen LogP contribution in [0.3, 0.4) is 0 Å². The number of benzene rings is 1. The Morgan fingerprint density at radius 1 is 1.24 bits per heavy atom. The van der Waals surface area contributed by atoms with E-state index in [-0.39, 0.29) is 5.41 Å². The Kier molecular flexibility index (Phi) is 3.90. The largest absolute Gasteiger partial charge is 0.388 e. The van der Waals surface area contributed by atoms with Crippen molar-refractivity contribution in [1.82, 2.24) is 4.57 Å². The lowest BCUT2D eigenvalue weighted by atomic mass is 9.75. The molecule has 21 heavy (non-hydrogen) atoms. The van der Waals surface area contributed by atoms with Crippen LogP contribution in [0.2, 0.25) is 10.0 Å². The zero-order valence-electron chi connectivity index (χ0n) is 11.8. The van der Waals surface area contributed by atoms with E-state index in [9.17, 15) is 5.11 Å². The van der Waals surface area contributed by atoms with Crippen molar-refractivity contribution >= 4 is 39.1 Å². The molecule has 0 bridgehead atoms. The molecule has 0 fully saturated rings. The molecule has 1 aliphatic rings. The molecule has 0 spiro atoms. The third-order valence-electron chi connectivity index (χ3n) is 4.05. The molecule has 1 unspecified atom stereocenters. The Morgan fingerprint density at radius 3 is 2.67 bits per heavy atom. The molecule has 3 rings (SSSR count). The van der Waals surface area contributed by atoms with E-state index in [4.69, 9.17) is 23.2 Å². The van der Waals surface area contributed by atoms with E-state index < -0.39 is 6.10 Å². The van der Waals surface area contributed by atoms with E-state index in [0.717, 1.165) is 34.3 Å². The minimum atomic E-state index is -0.422. The van der Waals surface area contributed by atoms with Crippen LogP contribution in [-0.4, -0.2) is 9.67 Å². The molecule has 1 aromatic carbocycles. The highest BCUT2D eigenvalue weighted by Gasteiger charge is 2.33. The summed E-state index contributed by atoms with van der Waals surface area (Å²) in [6.45, 7) is 4.35. The van der Waals surface area contributed by atoms with Crippen molar-refractivity contribution in [2.75, 3.05) is 0 Å². The topological polar surface area (TPSA) is 25.2 Å². The normalized spacial score (nSPS) is 20.4. The van der Waals surface area contributed by atoms with E-state index in [0.29, 0.717) is 10.0 Å². The highest BCUT2D eigenvalue weighted by Crippen LogP contribution is 2.43. The van der Waals surface area contributed by atoms with Gasteiger partial charge in [0.05, 0.1) is 21.8 Å². The van der Waals surface area contributed by atoms with Gasteiger partial charge in [-0.2, -0.15) is 0 Å². The first-order valence-corrected chi connectivity index (χ1v) is 8.37. The second kappa shape index (κ2) is 5.31. The number of hydrogen-bond donors (Lipinski definition) is 1. The van der Waals surface area contributed by atoms with Crippen molar-refractivity contribution in [3.05, 3.63) is 50.2 Å². The third-order valence-corrected chi connectivity index (χ3v) is 5.81. The van der Waals surface area contributed by atoms with Crippen LogP contribution in [0.15, 0.2) is 28.9 Å². The van der Waals surface area contributed by atoms with E-state index in [1.807, 2.05) is 29.0 Å². The van der Waals surface area contributed by atoms with Gasteiger partial charge in [0, 0.05) is 21.9 Å². The van der Waals surface area contributed by atoms with Gasteiger partial charge in [0.1, 0.15) is 0 Å². The van der Waals surface area contributed by atoms with Gasteiger partial charge in [0.15, 0.2) is 0 Å². The fraction of sp³-hybridized carbons (Fsp3) is 0.375. The van der Waals surface area contributed by atoms with Crippen molar-refractivity contribution in [3.63, 3.8) is 0 Å². The Hall–Kier alpha value is -0.480. The van der Waals surface area contributed by atoms with E-state index in [1.165, 1.54) is 0 Å². The van der Waals surface area contributed by atoms with Crippen molar-refractivity contribution in [2.24, 2.45) is 5.41 Å². The van der Waals surface area contributed by atoms with E-state index >= 15 is 0 Å². The lowest BCUT2D eigenvalue weighted by Crippen LogP contribution is -2.26. The molecule has 1 N–H and O–H groups in total. The second-order valence-electron chi connectivity index (χ2n) is 6.34. The summed E-state index contributed by atoms with van der Waals surface area (Å²) in [5.74, 6) is 0. The minimum absolute atomic E-state index is 0.0636. The molecular weight excluding hydrogens is 373 g/mol. The molecule has 112 valence electrons. The molecule has 0 amide bonds. The highest BCUT2D eigenvalue weighted by atomic mass is 79.9. The zero-order chi connectivity index (χ0) is 15.4. The van der Waals surface area contributed by atoms with Gasteiger partial charge < -0.3 is 9.67 Å². The number of aromatic nitrogens is 1. The van der Waals surface area contributed by atoms with Crippen LogP contribution in [0, 0.1) is 5.41 Å². The van der Waals surface area contributed by atoms with Gasteiger partial charge in [0.2, 0.25) is 0 Å². The number of fused-ring (bicyclic) bond motifs is 1. The molecule has 1 heterocycles. The number of nitrogens with zero attached hydrogens (tertiary/aromatic N) is 1. The predicted molar refractivity (Wildman–Crippen MR) is 90.6 cm³/mol. The number of aliphatic hydroxyl groups is 1. The maximum atomic E-state index is 10.3. The SMILES string of the molecule is CC1(C)Cc2c(ccn2-c2ccc(Br)c(Cl)c2Cl)C(O)C1. The molecular formula is C16H16BrCl2NO. The lowest BCUT2D eigenvalue weighted by molar-refractivity contribution is 0.0987. The first-order valence-electron chi connectivity index (χ1n) is 6.82. The predicted octanol–water partition coefficient (Wildman–Crippen LogP) is 5.55. The Balaban J connectivity index is 2.17. The van der Waals surface area contributed by atoms with Gasteiger partial charge in [-0.25, -0.2) is 0 Å². The molecule has 0 radical (unpaired) electrons.